The molecule has 0 fully saturated rings. The van der Waals surface area contributed by atoms with E-state index < -0.39 is 25.4 Å². The summed E-state index contributed by atoms with van der Waals surface area (Å²) in [6, 6.07) is 0. The van der Waals surface area contributed by atoms with Crippen LogP contribution < -0.4 is 0 Å². The summed E-state index contributed by atoms with van der Waals surface area (Å²) < 4.78 is 18.2. The van der Waals surface area contributed by atoms with Gasteiger partial charge in [0.2, 0.25) is 0 Å². The fourth-order valence-corrected chi connectivity index (χ4v) is 14.1. The van der Waals surface area contributed by atoms with E-state index in [0.29, 0.717) is 0 Å². The molecule has 0 saturated carbocycles. The van der Waals surface area contributed by atoms with Gasteiger partial charge in [-0.3, -0.25) is 0 Å². The average molecular weight is 311 g/mol. The molecular weight excluding hydrogens is 280 g/mol. The van der Waals surface area contributed by atoms with Crippen molar-refractivity contribution in [2.24, 2.45) is 0 Å². The first-order valence-corrected chi connectivity index (χ1v) is 15.1. The van der Waals surface area contributed by atoms with Crippen LogP contribution in [-0.4, -0.2) is 42.4 Å². The van der Waals surface area contributed by atoms with Gasteiger partial charge in [-0.25, -0.2) is 0 Å². The molecule has 7 heteroatoms. The van der Waals surface area contributed by atoms with E-state index in [4.69, 9.17) is 12.7 Å². The fraction of sp³-hybridized carbons (Fsp3) is 1.00. The predicted molar refractivity (Wildman–Crippen MR) is 82.5 cm³/mol. The summed E-state index contributed by atoms with van der Waals surface area (Å²) in [6.45, 7) is 18.3. The van der Waals surface area contributed by atoms with E-state index in [1.807, 2.05) is 40.4 Å². The normalized spacial score (nSPS) is 17.7. The SMILES string of the molecule is CC(C)(C)O[Si](C)(C)O[Si](C)(CO)O[Si](C)(C)C. The third-order valence-electron chi connectivity index (χ3n) is 1.82. The summed E-state index contributed by atoms with van der Waals surface area (Å²) in [5.41, 5.74) is -0.236. The summed E-state index contributed by atoms with van der Waals surface area (Å²) in [4.78, 5) is 0. The Morgan fingerprint density at radius 1 is 0.889 bits per heavy atom. The monoisotopic (exact) mass is 310 g/mol. The van der Waals surface area contributed by atoms with Gasteiger partial charge in [0, 0.05) is 0 Å². The van der Waals surface area contributed by atoms with Crippen molar-refractivity contribution in [2.75, 3.05) is 6.23 Å². The lowest BCUT2D eigenvalue weighted by Crippen LogP contribution is -2.58. The van der Waals surface area contributed by atoms with Gasteiger partial charge in [0.1, 0.15) is 0 Å². The van der Waals surface area contributed by atoms with E-state index >= 15 is 0 Å². The lowest BCUT2D eigenvalue weighted by atomic mass is 10.2. The highest BCUT2D eigenvalue weighted by Crippen LogP contribution is 2.24. The van der Waals surface area contributed by atoms with Gasteiger partial charge >= 0.3 is 17.1 Å². The topological polar surface area (TPSA) is 47.9 Å². The Kier molecular flexibility index (Phi) is 6.02. The van der Waals surface area contributed by atoms with Gasteiger partial charge in [-0.15, -0.1) is 0 Å². The number of aliphatic hydroxyl groups is 1. The lowest BCUT2D eigenvalue weighted by molar-refractivity contribution is 0.0865. The van der Waals surface area contributed by atoms with E-state index in [2.05, 4.69) is 19.6 Å². The van der Waals surface area contributed by atoms with Crippen molar-refractivity contribution in [2.45, 2.75) is 65.7 Å². The van der Waals surface area contributed by atoms with Crippen LogP contribution in [0.4, 0.5) is 0 Å². The molecule has 0 rings (SSSR count). The van der Waals surface area contributed by atoms with Crippen molar-refractivity contribution in [3.8, 4) is 0 Å². The molecule has 0 aromatic carbocycles. The molecule has 0 spiro atoms. The largest absolute Gasteiger partial charge is 0.435 e. The van der Waals surface area contributed by atoms with Crippen molar-refractivity contribution >= 4 is 25.4 Å². The first-order chi connectivity index (χ1) is 7.68. The Hall–Kier alpha value is 0.491. The van der Waals surface area contributed by atoms with Crippen LogP contribution in [0.2, 0.25) is 39.3 Å². The van der Waals surface area contributed by atoms with Crippen molar-refractivity contribution < 1.29 is 17.8 Å². The molecule has 0 saturated heterocycles. The van der Waals surface area contributed by atoms with Gasteiger partial charge < -0.3 is 17.8 Å². The van der Waals surface area contributed by atoms with E-state index in [1.165, 1.54) is 0 Å². The van der Waals surface area contributed by atoms with Crippen LogP contribution in [0.25, 0.3) is 0 Å². The highest BCUT2D eigenvalue weighted by molar-refractivity contribution is 6.86. The molecule has 1 N–H and O–H groups in total. The molecular formula is C11H30O4Si3. The average Bonchev–Trinajstić information content (AvgIpc) is 1.93. The number of hydrogen-bond acceptors (Lipinski definition) is 4. The molecule has 0 bridgehead atoms. The Bertz CT molecular complexity index is 270. The highest BCUT2D eigenvalue weighted by Gasteiger charge is 2.44. The van der Waals surface area contributed by atoms with Gasteiger partial charge in [-0.2, -0.15) is 0 Å². The van der Waals surface area contributed by atoms with Crippen molar-refractivity contribution in [1.29, 1.82) is 0 Å². The third kappa shape index (κ3) is 8.57. The number of aliphatic hydroxyl groups excluding tert-OH is 1. The van der Waals surface area contributed by atoms with Gasteiger partial charge in [0.05, 0.1) is 11.8 Å². The maximum absolute atomic E-state index is 9.61. The van der Waals surface area contributed by atoms with Gasteiger partial charge in [0.25, 0.3) is 0 Å². The first-order valence-electron chi connectivity index (χ1n) is 6.39. The quantitative estimate of drug-likeness (QED) is 0.766. The fourth-order valence-electron chi connectivity index (χ4n) is 2.01. The maximum Gasteiger partial charge on any atom is 0.342 e. The highest BCUT2D eigenvalue weighted by atomic mass is 28.5. The molecule has 0 aliphatic rings. The van der Waals surface area contributed by atoms with Crippen LogP contribution in [0.15, 0.2) is 0 Å². The second kappa shape index (κ2) is 5.86. The summed E-state index contributed by atoms with van der Waals surface area (Å²) in [6.07, 6.45) is -0.0266. The molecule has 18 heavy (non-hydrogen) atoms. The maximum atomic E-state index is 9.61. The van der Waals surface area contributed by atoms with E-state index in [-0.39, 0.29) is 11.8 Å². The molecule has 0 aromatic heterocycles. The summed E-state index contributed by atoms with van der Waals surface area (Å²) in [5.74, 6) is 0. The van der Waals surface area contributed by atoms with Gasteiger partial charge in [-0.05, 0) is 60.1 Å². The standard InChI is InChI=1S/C11H30O4Si3/c1-11(2,3)13-17(7,8)15-18(9,10-12)14-16(4,5)6/h12H,10H2,1-9H3. The van der Waals surface area contributed by atoms with E-state index in [9.17, 15) is 5.11 Å². The van der Waals surface area contributed by atoms with Gasteiger partial charge in [0.15, 0.2) is 8.32 Å². The van der Waals surface area contributed by atoms with Crippen LogP contribution in [0.5, 0.6) is 0 Å². The molecule has 1 unspecified atom stereocenters. The first kappa shape index (κ1) is 18.5. The Morgan fingerprint density at radius 3 is 1.61 bits per heavy atom. The van der Waals surface area contributed by atoms with Crippen LogP contribution in [0.1, 0.15) is 20.8 Å². The minimum absolute atomic E-state index is 0.0266. The van der Waals surface area contributed by atoms with E-state index in [0.717, 1.165) is 0 Å². The van der Waals surface area contributed by atoms with Crippen molar-refractivity contribution in [3.63, 3.8) is 0 Å². The molecule has 0 radical (unpaired) electrons. The molecule has 4 nitrogen and oxygen atoms in total. The molecule has 0 heterocycles. The second-order valence-corrected chi connectivity index (χ2v) is 18.7. The van der Waals surface area contributed by atoms with Crippen LogP contribution in [-0.2, 0) is 12.7 Å². The van der Waals surface area contributed by atoms with Crippen LogP contribution in [0, 0.1) is 0 Å². The van der Waals surface area contributed by atoms with E-state index in [1.54, 1.807) is 0 Å². The molecule has 110 valence electrons. The molecule has 0 aliphatic heterocycles. The van der Waals surface area contributed by atoms with Crippen molar-refractivity contribution in [1.82, 2.24) is 0 Å². The van der Waals surface area contributed by atoms with Crippen LogP contribution >= 0.6 is 0 Å². The molecule has 1 atom stereocenters. The molecule has 0 amide bonds. The molecule has 0 aromatic rings. The minimum atomic E-state index is -2.54. The summed E-state index contributed by atoms with van der Waals surface area (Å²) in [7, 11) is -6.56. The zero-order chi connectivity index (χ0) is 14.8. The van der Waals surface area contributed by atoms with Gasteiger partial charge in [-0.1, -0.05) is 0 Å². The zero-order valence-corrected chi connectivity index (χ0v) is 16.4. The minimum Gasteiger partial charge on any atom is -0.435 e. The smallest absolute Gasteiger partial charge is 0.342 e. The second-order valence-electron chi connectivity index (χ2n) is 7.22. The van der Waals surface area contributed by atoms with Crippen LogP contribution in [0.3, 0.4) is 0 Å². The number of hydrogen-bond donors (Lipinski definition) is 1. The third-order valence-corrected chi connectivity index (χ3v) is 11.4. The summed E-state index contributed by atoms with van der Waals surface area (Å²) in [5, 5.41) is 9.61. The Balaban J connectivity index is 4.80. The zero-order valence-electron chi connectivity index (χ0n) is 13.4. The Labute approximate surface area is 115 Å². The lowest BCUT2D eigenvalue weighted by Gasteiger charge is -2.40. The summed E-state index contributed by atoms with van der Waals surface area (Å²) >= 11 is 0. The van der Waals surface area contributed by atoms with Crippen molar-refractivity contribution in [3.05, 3.63) is 0 Å². The molecule has 0 aliphatic carbocycles. The Morgan fingerprint density at radius 2 is 1.33 bits per heavy atom. The number of rotatable bonds is 6. The predicted octanol–water partition coefficient (Wildman–Crippen LogP) is 2.97.